The molecule has 0 aliphatic heterocycles. The summed E-state index contributed by atoms with van der Waals surface area (Å²) in [5.74, 6) is 0. The van der Waals surface area contributed by atoms with Gasteiger partial charge in [-0.1, -0.05) is 217 Å². The zero-order valence-electron chi connectivity index (χ0n) is 38.2. The van der Waals surface area contributed by atoms with E-state index >= 15 is 0 Å². The van der Waals surface area contributed by atoms with E-state index in [9.17, 15) is 0 Å². The van der Waals surface area contributed by atoms with E-state index < -0.39 is 10.8 Å². The summed E-state index contributed by atoms with van der Waals surface area (Å²) in [6.07, 6.45) is 0. The Morgan fingerprint density at radius 2 is 0.692 bits per heavy atom. The summed E-state index contributed by atoms with van der Waals surface area (Å²) in [4.78, 5) is 2.50. The van der Waals surface area contributed by atoms with E-state index in [-0.39, 0.29) is 10.8 Å². The molecule has 1 spiro atoms. The first-order valence-electron chi connectivity index (χ1n) is 23.3. The van der Waals surface area contributed by atoms with Crippen LogP contribution in [0.1, 0.15) is 97.2 Å². The maximum Gasteiger partial charge on any atom is 0.0726 e. The fraction of sp³-hybridized carbons (Fsp3) is 0.156. The van der Waals surface area contributed by atoms with Crippen LogP contribution in [0.3, 0.4) is 0 Å². The summed E-state index contributed by atoms with van der Waals surface area (Å²) in [6.45, 7) is 14.1. The molecule has 0 amide bonds. The minimum atomic E-state index is -0.554. The van der Waals surface area contributed by atoms with Crippen molar-refractivity contribution in [2.45, 2.75) is 63.2 Å². The van der Waals surface area contributed by atoms with Crippen molar-refractivity contribution in [2.24, 2.45) is 0 Å². The standard InChI is InChI=1S/C64H53N/c1-61(2,3)43-33-36-50-48-26-14-17-29-54(48)64(58(50)39-43)55-30-18-15-27-49(55)52-38-35-46(41-60(52)64)65(44-23-11-8-12-24-44)45-34-37-51-47-25-13-16-28-53(47)63(59(51)40-45,42-21-9-7-10-22-42)57-32-20-19-31-56(57)62(4,5)6/h7-41H,1-6H3. The van der Waals surface area contributed by atoms with Crippen molar-refractivity contribution in [3.63, 3.8) is 0 Å². The van der Waals surface area contributed by atoms with Gasteiger partial charge in [0.15, 0.2) is 0 Å². The van der Waals surface area contributed by atoms with Gasteiger partial charge in [-0.3, -0.25) is 0 Å². The third kappa shape index (κ3) is 5.51. The summed E-state index contributed by atoms with van der Waals surface area (Å²) >= 11 is 0. The Morgan fingerprint density at radius 1 is 0.292 bits per heavy atom. The van der Waals surface area contributed by atoms with Crippen molar-refractivity contribution in [3.8, 4) is 33.4 Å². The van der Waals surface area contributed by atoms with Crippen LogP contribution in [-0.4, -0.2) is 0 Å². The van der Waals surface area contributed by atoms with Gasteiger partial charge < -0.3 is 4.90 Å². The monoisotopic (exact) mass is 835 g/mol. The predicted octanol–water partition coefficient (Wildman–Crippen LogP) is 16.5. The van der Waals surface area contributed by atoms with E-state index in [0.717, 1.165) is 17.1 Å². The minimum Gasteiger partial charge on any atom is -0.310 e. The average Bonchev–Trinajstić information content (AvgIpc) is 3.91. The molecule has 2 unspecified atom stereocenters. The molecule has 0 saturated heterocycles. The molecule has 1 nitrogen and oxygen atoms in total. The molecule has 65 heavy (non-hydrogen) atoms. The SMILES string of the molecule is CC(C)(C)c1ccc2c(c1)C1(c3ccccc3-c3ccc(N(c4ccccc4)c4ccc5c(c4)C(c4ccccc4)(c4ccccc4C(C)(C)C)c4ccccc4-5)cc31)c1ccccc1-2. The molecule has 0 heterocycles. The fourth-order valence-corrected chi connectivity index (χ4v) is 12.1. The van der Waals surface area contributed by atoms with Crippen LogP contribution in [0.4, 0.5) is 17.1 Å². The second-order valence-corrected chi connectivity index (χ2v) is 20.4. The van der Waals surface area contributed by atoms with Gasteiger partial charge in [0.2, 0.25) is 0 Å². The maximum absolute atomic E-state index is 2.53. The third-order valence-corrected chi connectivity index (χ3v) is 14.8. The van der Waals surface area contributed by atoms with Crippen molar-refractivity contribution < 1.29 is 0 Å². The number of rotatable bonds is 5. The Hall–Kier alpha value is -7.22. The highest BCUT2D eigenvalue weighted by atomic mass is 15.1. The van der Waals surface area contributed by atoms with Crippen molar-refractivity contribution in [1.82, 2.24) is 0 Å². The van der Waals surface area contributed by atoms with Crippen LogP contribution >= 0.6 is 0 Å². The largest absolute Gasteiger partial charge is 0.310 e. The number of anilines is 3. The van der Waals surface area contributed by atoms with E-state index in [4.69, 9.17) is 0 Å². The van der Waals surface area contributed by atoms with E-state index in [1.807, 2.05) is 0 Å². The van der Waals surface area contributed by atoms with Gasteiger partial charge in [0.25, 0.3) is 0 Å². The lowest BCUT2D eigenvalue weighted by atomic mass is 9.64. The number of hydrogen-bond donors (Lipinski definition) is 0. The summed E-state index contributed by atoms with van der Waals surface area (Å²) in [7, 11) is 0. The van der Waals surface area contributed by atoms with Crippen molar-refractivity contribution in [2.75, 3.05) is 4.90 Å². The highest BCUT2D eigenvalue weighted by molar-refractivity contribution is 5.97. The van der Waals surface area contributed by atoms with E-state index in [1.54, 1.807) is 0 Å². The number of para-hydroxylation sites is 1. The van der Waals surface area contributed by atoms with Crippen molar-refractivity contribution >= 4 is 17.1 Å². The van der Waals surface area contributed by atoms with Gasteiger partial charge in [-0.15, -0.1) is 0 Å². The van der Waals surface area contributed by atoms with Gasteiger partial charge in [0.05, 0.1) is 10.8 Å². The number of nitrogens with zero attached hydrogens (tertiary/aromatic N) is 1. The summed E-state index contributed by atoms with van der Waals surface area (Å²) in [5, 5.41) is 0. The lowest BCUT2D eigenvalue weighted by Crippen LogP contribution is -2.32. The van der Waals surface area contributed by atoms with Crippen LogP contribution in [0.5, 0.6) is 0 Å². The van der Waals surface area contributed by atoms with E-state index in [1.165, 1.54) is 89.0 Å². The molecule has 9 aromatic carbocycles. The zero-order chi connectivity index (χ0) is 44.3. The number of fused-ring (bicyclic) bond motifs is 13. The zero-order valence-corrected chi connectivity index (χ0v) is 38.2. The molecule has 1 heteroatoms. The van der Waals surface area contributed by atoms with Crippen LogP contribution in [0.2, 0.25) is 0 Å². The third-order valence-electron chi connectivity index (χ3n) is 14.8. The maximum atomic E-state index is 2.53. The van der Waals surface area contributed by atoms with Gasteiger partial charge in [-0.2, -0.15) is 0 Å². The second-order valence-electron chi connectivity index (χ2n) is 20.4. The van der Waals surface area contributed by atoms with Gasteiger partial charge in [0.1, 0.15) is 0 Å². The molecular formula is C64H53N. The van der Waals surface area contributed by atoms with Crippen LogP contribution in [0.25, 0.3) is 33.4 Å². The molecule has 314 valence electrons. The number of hydrogen-bond acceptors (Lipinski definition) is 1. The van der Waals surface area contributed by atoms with Crippen LogP contribution in [-0.2, 0) is 21.7 Å². The highest BCUT2D eigenvalue weighted by Crippen LogP contribution is 2.64. The van der Waals surface area contributed by atoms with Crippen LogP contribution in [0.15, 0.2) is 212 Å². The second kappa shape index (κ2) is 14.1. The first-order chi connectivity index (χ1) is 31.5. The Bertz CT molecular complexity index is 3330. The van der Waals surface area contributed by atoms with E-state index in [0.29, 0.717) is 0 Å². The molecule has 3 aliphatic rings. The quantitative estimate of drug-likeness (QED) is 0.167. The molecule has 2 atom stereocenters. The average molecular weight is 836 g/mol. The van der Waals surface area contributed by atoms with Gasteiger partial charge >= 0.3 is 0 Å². The Balaban J connectivity index is 1.14. The lowest BCUT2D eigenvalue weighted by molar-refractivity contribution is 0.571. The molecule has 0 radical (unpaired) electrons. The predicted molar refractivity (Wildman–Crippen MR) is 272 cm³/mol. The number of benzene rings is 9. The van der Waals surface area contributed by atoms with Gasteiger partial charge in [-0.25, -0.2) is 0 Å². The lowest BCUT2D eigenvalue weighted by Gasteiger charge is -2.38. The molecule has 0 bridgehead atoms. The summed E-state index contributed by atoms with van der Waals surface area (Å²) in [5.41, 5.74) is 23.4. The summed E-state index contributed by atoms with van der Waals surface area (Å²) < 4.78 is 0. The van der Waals surface area contributed by atoms with Gasteiger partial charge in [-0.05, 0) is 136 Å². The minimum absolute atomic E-state index is 0.00645. The van der Waals surface area contributed by atoms with Crippen LogP contribution < -0.4 is 4.90 Å². The first-order valence-corrected chi connectivity index (χ1v) is 23.3. The Labute approximate surface area is 384 Å². The summed E-state index contributed by atoms with van der Waals surface area (Å²) in [6, 6.07) is 80.7. The normalized spacial score (nSPS) is 17.5. The van der Waals surface area contributed by atoms with E-state index in [2.05, 4.69) is 259 Å². The fourth-order valence-electron chi connectivity index (χ4n) is 12.1. The Morgan fingerprint density at radius 3 is 1.22 bits per heavy atom. The smallest absolute Gasteiger partial charge is 0.0726 e. The Kier molecular flexibility index (Phi) is 8.57. The molecule has 9 aromatic rings. The topological polar surface area (TPSA) is 3.24 Å². The molecule has 0 saturated carbocycles. The van der Waals surface area contributed by atoms with Crippen LogP contribution in [0, 0.1) is 0 Å². The molecule has 0 fully saturated rings. The van der Waals surface area contributed by atoms with Crippen molar-refractivity contribution in [3.05, 3.63) is 268 Å². The molecule has 12 rings (SSSR count). The van der Waals surface area contributed by atoms with Gasteiger partial charge in [0, 0.05) is 17.1 Å². The van der Waals surface area contributed by atoms with Crippen molar-refractivity contribution in [1.29, 1.82) is 0 Å². The molecule has 0 aromatic heterocycles. The highest BCUT2D eigenvalue weighted by Gasteiger charge is 2.52. The molecule has 0 N–H and O–H groups in total. The molecule has 3 aliphatic carbocycles. The first kappa shape index (κ1) is 39.4. The molecular weight excluding hydrogens is 783 g/mol.